The van der Waals surface area contributed by atoms with E-state index in [1.54, 1.807) is 0 Å². The summed E-state index contributed by atoms with van der Waals surface area (Å²) < 4.78 is 0. The van der Waals surface area contributed by atoms with Gasteiger partial charge in [0, 0.05) is 7.05 Å². The first-order valence-electron chi connectivity index (χ1n) is 10.2. The predicted molar refractivity (Wildman–Crippen MR) is 125 cm³/mol. The maximum Gasteiger partial charge on any atom is 0.329 e. The maximum absolute atomic E-state index is 2.56. The van der Waals surface area contributed by atoms with Gasteiger partial charge in [-0.2, -0.15) is 0 Å². The Morgan fingerprint density at radius 2 is 1.14 bits per heavy atom. The van der Waals surface area contributed by atoms with E-state index in [0.717, 1.165) is 0 Å². The summed E-state index contributed by atoms with van der Waals surface area (Å²) in [7, 11) is 2.17. The second-order valence-corrected chi connectivity index (χ2v) is 7.94. The molecule has 0 fully saturated rings. The van der Waals surface area contributed by atoms with Crippen LogP contribution in [0.15, 0.2) is 91.0 Å². The molecule has 0 bridgehead atoms. The molecule has 2 aliphatic rings. The van der Waals surface area contributed by atoms with Crippen LogP contribution in [-0.2, 0) is 0 Å². The van der Waals surface area contributed by atoms with Crippen molar-refractivity contribution in [1.29, 1.82) is 0 Å². The number of anilines is 4. The molecule has 0 saturated carbocycles. The van der Waals surface area contributed by atoms with E-state index < -0.39 is 0 Å². The van der Waals surface area contributed by atoms with E-state index in [1.807, 2.05) is 0 Å². The molecule has 6 rings (SSSR count). The van der Waals surface area contributed by atoms with Gasteiger partial charge in [0.1, 0.15) is 0 Å². The number of para-hydroxylation sites is 3. The molecule has 4 aromatic rings. The number of aryl methyl sites for hydroxylation is 1. The molecule has 29 heavy (non-hydrogen) atoms. The van der Waals surface area contributed by atoms with E-state index in [2.05, 4.69) is 115 Å². The normalized spacial score (nSPS) is 13.7. The lowest BCUT2D eigenvalue weighted by Crippen LogP contribution is -2.53. The van der Waals surface area contributed by atoms with Crippen molar-refractivity contribution in [3.05, 3.63) is 96.6 Å². The molecule has 0 amide bonds. The van der Waals surface area contributed by atoms with Crippen molar-refractivity contribution < 1.29 is 0 Å². The minimum absolute atomic E-state index is 0.164. The number of nitrogens with zero attached hydrogens (tertiary/aromatic N) is 2. The molecule has 2 heterocycles. The molecule has 138 valence electrons. The van der Waals surface area contributed by atoms with E-state index >= 15 is 0 Å². The third-order valence-electron chi connectivity index (χ3n) is 6.38. The summed E-state index contributed by atoms with van der Waals surface area (Å²) in [5.41, 5.74) is 11.8. The fourth-order valence-electron chi connectivity index (χ4n) is 5.10. The van der Waals surface area contributed by atoms with E-state index in [1.165, 1.54) is 50.4 Å². The maximum atomic E-state index is 2.56. The molecule has 2 nitrogen and oxygen atoms in total. The van der Waals surface area contributed by atoms with Gasteiger partial charge < -0.3 is 9.71 Å². The number of hydrogen-bond acceptors (Lipinski definition) is 2. The van der Waals surface area contributed by atoms with Gasteiger partial charge in [0.05, 0.1) is 22.7 Å². The SMILES string of the molecule is Cc1cccc2c1N(B1c3ccccc3-c3ccccc31)c1ccccc1N2C. The van der Waals surface area contributed by atoms with E-state index in [-0.39, 0.29) is 6.85 Å². The van der Waals surface area contributed by atoms with Crippen LogP contribution >= 0.6 is 0 Å². The molecule has 0 spiro atoms. The zero-order chi connectivity index (χ0) is 19.5. The van der Waals surface area contributed by atoms with Gasteiger partial charge >= 0.3 is 6.85 Å². The summed E-state index contributed by atoms with van der Waals surface area (Å²) in [4.78, 5) is 4.88. The molecule has 0 aromatic heterocycles. The Morgan fingerprint density at radius 3 is 1.83 bits per heavy atom. The van der Waals surface area contributed by atoms with Crippen LogP contribution in [0.1, 0.15) is 5.56 Å². The highest BCUT2D eigenvalue weighted by molar-refractivity contribution is 6.93. The van der Waals surface area contributed by atoms with Crippen molar-refractivity contribution in [2.24, 2.45) is 0 Å². The largest absolute Gasteiger partial charge is 0.373 e. The second-order valence-electron chi connectivity index (χ2n) is 7.94. The molecule has 0 radical (unpaired) electrons. The van der Waals surface area contributed by atoms with Crippen LogP contribution < -0.4 is 20.6 Å². The Morgan fingerprint density at radius 1 is 0.586 bits per heavy atom. The predicted octanol–water partition coefficient (Wildman–Crippen LogP) is 5.00. The van der Waals surface area contributed by atoms with E-state index in [9.17, 15) is 0 Å². The first-order chi connectivity index (χ1) is 14.3. The Labute approximate surface area is 172 Å². The molecule has 0 aliphatic carbocycles. The summed E-state index contributed by atoms with van der Waals surface area (Å²) >= 11 is 0. The monoisotopic (exact) mass is 372 g/mol. The molecule has 0 saturated heterocycles. The van der Waals surface area contributed by atoms with Crippen LogP contribution in [-0.4, -0.2) is 13.9 Å². The van der Waals surface area contributed by atoms with Gasteiger partial charge in [-0.1, -0.05) is 72.8 Å². The summed E-state index contributed by atoms with van der Waals surface area (Å²) in [6, 6.07) is 33.1. The van der Waals surface area contributed by atoms with E-state index in [4.69, 9.17) is 0 Å². The Kier molecular flexibility index (Phi) is 3.42. The average molecular weight is 372 g/mol. The minimum atomic E-state index is 0.164. The molecule has 0 N–H and O–H groups in total. The van der Waals surface area contributed by atoms with Crippen LogP contribution in [0.4, 0.5) is 22.7 Å². The second kappa shape index (κ2) is 6.02. The van der Waals surface area contributed by atoms with Crippen LogP contribution in [0.25, 0.3) is 11.1 Å². The summed E-state index contributed by atoms with van der Waals surface area (Å²) in [6.45, 7) is 2.39. The Balaban J connectivity index is 1.70. The van der Waals surface area contributed by atoms with Crippen molar-refractivity contribution in [3.8, 4) is 11.1 Å². The van der Waals surface area contributed by atoms with Gasteiger partial charge in [0.15, 0.2) is 0 Å². The number of rotatable bonds is 1. The standard InChI is InChI=1S/C26H21BN2/c1-18-10-9-17-25-26(18)29(24-16-8-7-15-23(24)28(25)2)27-21-13-5-3-11-19(21)20-12-4-6-14-22(20)27/h3-17H,1-2H3. The smallest absolute Gasteiger partial charge is 0.329 e. The fraction of sp³-hybridized carbons (Fsp3) is 0.0769. The fourth-order valence-corrected chi connectivity index (χ4v) is 5.10. The number of hydrogen-bond donors (Lipinski definition) is 0. The molecular formula is C26H21BN2. The Bertz CT molecular complexity index is 1220. The van der Waals surface area contributed by atoms with Crippen molar-refractivity contribution in [3.63, 3.8) is 0 Å². The summed E-state index contributed by atoms with van der Waals surface area (Å²) in [5.74, 6) is 0. The molecule has 2 aliphatic heterocycles. The molecule has 0 atom stereocenters. The quantitative estimate of drug-likeness (QED) is 0.434. The highest BCUT2D eigenvalue weighted by atomic mass is 15.2. The van der Waals surface area contributed by atoms with E-state index in [0.29, 0.717) is 0 Å². The minimum Gasteiger partial charge on any atom is -0.373 e. The van der Waals surface area contributed by atoms with Crippen molar-refractivity contribution in [1.82, 2.24) is 0 Å². The van der Waals surface area contributed by atoms with Gasteiger partial charge in [-0.05, 0) is 52.7 Å². The zero-order valence-corrected chi connectivity index (χ0v) is 16.6. The Hall–Kier alpha value is -3.46. The summed E-state index contributed by atoms with van der Waals surface area (Å²) in [5, 5.41) is 0. The van der Waals surface area contributed by atoms with Gasteiger partial charge in [0.2, 0.25) is 0 Å². The van der Waals surface area contributed by atoms with Gasteiger partial charge in [0.25, 0.3) is 0 Å². The highest BCUT2D eigenvalue weighted by Crippen LogP contribution is 2.49. The van der Waals surface area contributed by atoms with Crippen LogP contribution in [0, 0.1) is 6.92 Å². The highest BCUT2D eigenvalue weighted by Gasteiger charge is 2.41. The van der Waals surface area contributed by atoms with Crippen LogP contribution in [0.2, 0.25) is 0 Å². The van der Waals surface area contributed by atoms with Crippen LogP contribution in [0.5, 0.6) is 0 Å². The third-order valence-corrected chi connectivity index (χ3v) is 6.38. The molecule has 0 unspecified atom stereocenters. The molecular weight excluding hydrogens is 351 g/mol. The van der Waals surface area contributed by atoms with Gasteiger partial charge in [-0.3, -0.25) is 0 Å². The van der Waals surface area contributed by atoms with Crippen molar-refractivity contribution in [2.75, 3.05) is 16.8 Å². The summed E-state index contributed by atoms with van der Waals surface area (Å²) in [6.07, 6.45) is 0. The lowest BCUT2D eigenvalue weighted by Gasteiger charge is -2.42. The lowest BCUT2D eigenvalue weighted by molar-refractivity contribution is 1.14. The zero-order valence-electron chi connectivity index (χ0n) is 16.6. The first kappa shape index (κ1) is 16.5. The van der Waals surface area contributed by atoms with Crippen molar-refractivity contribution in [2.45, 2.75) is 6.92 Å². The molecule has 4 aromatic carbocycles. The third kappa shape index (κ3) is 2.19. The average Bonchev–Trinajstić information content (AvgIpc) is 3.09. The van der Waals surface area contributed by atoms with Crippen molar-refractivity contribution >= 4 is 40.5 Å². The van der Waals surface area contributed by atoms with Gasteiger partial charge in [-0.25, -0.2) is 0 Å². The number of benzene rings is 4. The van der Waals surface area contributed by atoms with Gasteiger partial charge in [-0.15, -0.1) is 0 Å². The van der Waals surface area contributed by atoms with Crippen LogP contribution in [0.3, 0.4) is 0 Å². The first-order valence-corrected chi connectivity index (χ1v) is 10.2. The number of fused-ring (bicyclic) bond motifs is 5. The lowest BCUT2D eigenvalue weighted by atomic mass is 9.51. The molecule has 3 heteroatoms. The topological polar surface area (TPSA) is 6.48 Å².